The largest absolute Gasteiger partial charge is 0.371 e. The molecule has 3 rings (SSSR count). The van der Waals surface area contributed by atoms with Crippen LogP contribution in [0.15, 0.2) is 48.5 Å². The highest BCUT2D eigenvalue weighted by Gasteiger charge is 2.17. The normalized spacial score (nSPS) is 15.6. The molecule has 0 aliphatic carbocycles. The fourth-order valence-corrected chi connectivity index (χ4v) is 3.30. The Morgan fingerprint density at radius 2 is 1.86 bits per heavy atom. The van der Waals surface area contributed by atoms with Gasteiger partial charge in [0.05, 0.1) is 0 Å². The van der Waals surface area contributed by atoms with Crippen LogP contribution in [-0.4, -0.2) is 13.1 Å². The maximum atomic E-state index is 6.41. The SMILES string of the molecule is Cc1ccccc1C(N)CCN1CCCc2ccccc21. The Morgan fingerprint density at radius 1 is 1.10 bits per heavy atom. The molecule has 0 saturated heterocycles. The van der Waals surface area contributed by atoms with E-state index in [9.17, 15) is 0 Å². The van der Waals surface area contributed by atoms with Crippen LogP contribution in [-0.2, 0) is 6.42 Å². The van der Waals surface area contributed by atoms with E-state index in [2.05, 4.69) is 60.4 Å². The van der Waals surface area contributed by atoms with Gasteiger partial charge in [0.2, 0.25) is 0 Å². The van der Waals surface area contributed by atoms with Crippen molar-refractivity contribution in [1.82, 2.24) is 0 Å². The van der Waals surface area contributed by atoms with Crippen LogP contribution in [0.2, 0.25) is 0 Å². The van der Waals surface area contributed by atoms with Crippen molar-refractivity contribution in [1.29, 1.82) is 0 Å². The van der Waals surface area contributed by atoms with Crippen molar-refractivity contribution in [3.63, 3.8) is 0 Å². The molecule has 0 saturated carbocycles. The summed E-state index contributed by atoms with van der Waals surface area (Å²) in [4.78, 5) is 2.50. The van der Waals surface area contributed by atoms with Crippen LogP contribution < -0.4 is 10.6 Å². The third-order valence-corrected chi connectivity index (χ3v) is 4.50. The molecule has 1 atom stereocenters. The van der Waals surface area contributed by atoms with Gasteiger partial charge < -0.3 is 10.6 Å². The zero-order chi connectivity index (χ0) is 14.7. The van der Waals surface area contributed by atoms with Gasteiger partial charge >= 0.3 is 0 Å². The molecule has 1 aliphatic heterocycles. The lowest BCUT2D eigenvalue weighted by atomic mass is 9.98. The fourth-order valence-electron chi connectivity index (χ4n) is 3.30. The summed E-state index contributed by atoms with van der Waals surface area (Å²) in [7, 11) is 0. The topological polar surface area (TPSA) is 29.3 Å². The fraction of sp³-hybridized carbons (Fsp3) is 0.368. The zero-order valence-electron chi connectivity index (χ0n) is 12.8. The van der Waals surface area contributed by atoms with Crippen LogP contribution in [0.3, 0.4) is 0 Å². The van der Waals surface area contributed by atoms with Crippen molar-refractivity contribution in [3.05, 3.63) is 65.2 Å². The van der Waals surface area contributed by atoms with E-state index in [1.54, 1.807) is 0 Å². The van der Waals surface area contributed by atoms with Crippen molar-refractivity contribution >= 4 is 5.69 Å². The van der Waals surface area contributed by atoms with E-state index in [1.807, 2.05) is 0 Å². The van der Waals surface area contributed by atoms with Gasteiger partial charge in [0.25, 0.3) is 0 Å². The summed E-state index contributed by atoms with van der Waals surface area (Å²) >= 11 is 0. The summed E-state index contributed by atoms with van der Waals surface area (Å²) < 4.78 is 0. The Hall–Kier alpha value is -1.80. The number of anilines is 1. The second kappa shape index (κ2) is 6.31. The van der Waals surface area contributed by atoms with Crippen LogP contribution in [0.4, 0.5) is 5.69 Å². The van der Waals surface area contributed by atoms with Gasteiger partial charge in [-0.25, -0.2) is 0 Å². The summed E-state index contributed by atoms with van der Waals surface area (Å²) in [6.45, 7) is 4.33. The zero-order valence-corrected chi connectivity index (χ0v) is 12.8. The number of aryl methyl sites for hydroxylation is 2. The number of hydrogen-bond acceptors (Lipinski definition) is 2. The lowest BCUT2D eigenvalue weighted by molar-refractivity contribution is 0.602. The minimum atomic E-state index is 0.125. The molecule has 2 N–H and O–H groups in total. The number of nitrogens with zero attached hydrogens (tertiary/aromatic N) is 1. The second-order valence-electron chi connectivity index (χ2n) is 5.97. The molecule has 0 aromatic heterocycles. The molecule has 21 heavy (non-hydrogen) atoms. The molecular weight excluding hydrogens is 256 g/mol. The van der Waals surface area contributed by atoms with Crippen LogP contribution in [0.5, 0.6) is 0 Å². The quantitative estimate of drug-likeness (QED) is 0.922. The van der Waals surface area contributed by atoms with Gasteiger partial charge in [0.1, 0.15) is 0 Å². The van der Waals surface area contributed by atoms with E-state index in [1.165, 1.54) is 35.2 Å². The first kappa shape index (κ1) is 14.2. The number of benzene rings is 2. The minimum Gasteiger partial charge on any atom is -0.371 e. The van der Waals surface area contributed by atoms with Crippen molar-refractivity contribution in [2.45, 2.75) is 32.2 Å². The monoisotopic (exact) mass is 280 g/mol. The molecule has 1 aliphatic rings. The Morgan fingerprint density at radius 3 is 2.71 bits per heavy atom. The number of hydrogen-bond donors (Lipinski definition) is 1. The van der Waals surface area contributed by atoms with Crippen molar-refractivity contribution in [2.75, 3.05) is 18.0 Å². The van der Waals surface area contributed by atoms with Gasteiger partial charge in [-0.1, -0.05) is 42.5 Å². The first-order chi connectivity index (χ1) is 10.3. The van der Waals surface area contributed by atoms with Gasteiger partial charge in [-0.05, 0) is 48.9 Å². The van der Waals surface area contributed by atoms with E-state index in [0.29, 0.717) is 0 Å². The Labute approximate surface area is 127 Å². The molecule has 2 heteroatoms. The highest BCUT2D eigenvalue weighted by Crippen LogP contribution is 2.28. The van der Waals surface area contributed by atoms with E-state index in [0.717, 1.165) is 19.5 Å². The van der Waals surface area contributed by atoms with Crippen molar-refractivity contribution in [3.8, 4) is 0 Å². The van der Waals surface area contributed by atoms with E-state index in [-0.39, 0.29) is 6.04 Å². The van der Waals surface area contributed by atoms with E-state index < -0.39 is 0 Å². The van der Waals surface area contributed by atoms with Crippen LogP contribution in [0.25, 0.3) is 0 Å². The standard InChI is InChI=1S/C19H24N2/c1-15-7-2-4-10-17(15)18(20)12-14-21-13-6-9-16-8-3-5-11-19(16)21/h2-5,7-8,10-11,18H,6,9,12-14,20H2,1H3. The molecule has 0 radical (unpaired) electrons. The maximum Gasteiger partial charge on any atom is 0.0398 e. The van der Waals surface area contributed by atoms with Gasteiger partial charge in [-0.15, -0.1) is 0 Å². The number of para-hydroxylation sites is 1. The summed E-state index contributed by atoms with van der Waals surface area (Å²) in [5.74, 6) is 0. The average molecular weight is 280 g/mol. The van der Waals surface area contributed by atoms with Crippen LogP contribution >= 0.6 is 0 Å². The molecule has 1 heterocycles. The lowest BCUT2D eigenvalue weighted by Crippen LogP contribution is -2.32. The summed E-state index contributed by atoms with van der Waals surface area (Å²) in [6.07, 6.45) is 3.45. The Kier molecular flexibility index (Phi) is 4.26. The number of fused-ring (bicyclic) bond motifs is 1. The van der Waals surface area contributed by atoms with Gasteiger partial charge in [-0.3, -0.25) is 0 Å². The summed E-state index contributed by atoms with van der Waals surface area (Å²) in [6, 6.07) is 17.4. The van der Waals surface area contributed by atoms with Crippen LogP contribution in [0.1, 0.15) is 35.6 Å². The molecule has 2 aromatic rings. The summed E-state index contributed by atoms with van der Waals surface area (Å²) in [5.41, 5.74) is 11.9. The molecule has 0 spiro atoms. The first-order valence-corrected chi connectivity index (χ1v) is 7.89. The Balaban J connectivity index is 1.67. The predicted octanol–water partition coefficient (Wildman–Crippen LogP) is 3.84. The molecule has 2 nitrogen and oxygen atoms in total. The van der Waals surface area contributed by atoms with Crippen molar-refractivity contribution in [2.24, 2.45) is 5.73 Å². The predicted molar refractivity (Wildman–Crippen MR) is 89.7 cm³/mol. The molecule has 0 amide bonds. The maximum absolute atomic E-state index is 6.41. The highest BCUT2D eigenvalue weighted by atomic mass is 15.1. The second-order valence-corrected chi connectivity index (χ2v) is 5.97. The molecular formula is C19H24N2. The van der Waals surface area contributed by atoms with E-state index in [4.69, 9.17) is 5.73 Å². The van der Waals surface area contributed by atoms with E-state index >= 15 is 0 Å². The molecule has 0 bridgehead atoms. The third kappa shape index (κ3) is 3.11. The minimum absolute atomic E-state index is 0.125. The lowest BCUT2D eigenvalue weighted by Gasteiger charge is -2.32. The van der Waals surface area contributed by atoms with Gasteiger partial charge in [-0.2, -0.15) is 0 Å². The smallest absolute Gasteiger partial charge is 0.0398 e. The van der Waals surface area contributed by atoms with Gasteiger partial charge in [0.15, 0.2) is 0 Å². The third-order valence-electron chi connectivity index (χ3n) is 4.50. The highest BCUT2D eigenvalue weighted by molar-refractivity contribution is 5.55. The Bertz CT molecular complexity index is 606. The molecule has 0 fully saturated rings. The van der Waals surface area contributed by atoms with Crippen LogP contribution in [0, 0.1) is 6.92 Å². The first-order valence-electron chi connectivity index (χ1n) is 7.89. The number of rotatable bonds is 4. The summed E-state index contributed by atoms with van der Waals surface area (Å²) in [5, 5.41) is 0. The molecule has 110 valence electrons. The van der Waals surface area contributed by atoms with Crippen molar-refractivity contribution < 1.29 is 0 Å². The number of nitrogens with two attached hydrogens (primary N) is 1. The molecule has 1 unspecified atom stereocenters. The average Bonchev–Trinajstić information content (AvgIpc) is 2.53. The molecule has 2 aromatic carbocycles. The van der Waals surface area contributed by atoms with Gasteiger partial charge in [0, 0.05) is 24.8 Å².